The maximum atomic E-state index is 2.40. The van der Waals surface area contributed by atoms with Crippen molar-refractivity contribution < 1.29 is 0 Å². The van der Waals surface area contributed by atoms with Crippen molar-refractivity contribution in [2.24, 2.45) is 0 Å². The Morgan fingerprint density at radius 2 is 0.800 bits per heavy atom. The molecule has 0 spiro atoms. The minimum Gasteiger partial charge on any atom is -0.134 e. The predicted octanol–water partition coefficient (Wildman–Crippen LogP) is 14.9. The molecule has 232 valence electrons. The van der Waals surface area contributed by atoms with Crippen LogP contribution < -0.4 is 0 Å². The Hall–Kier alpha value is -5.80. The molecule has 0 amide bonds. The SMILES string of the molecule is c1ccc(-c2c3ccccc3c(-c3ccc(-c4ccc5sc6c(ccc7sc8c9ccccc9ccc8c76)c5c4)cc3)c3ccccc23)cc1. The van der Waals surface area contributed by atoms with E-state index in [0.29, 0.717) is 0 Å². The van der Waals surface area contributed by atoms with E-state index in [9.17, 15) is 0 Å². The van der Waals surface area contributed by atoms with Crippen LogP contribution in [0.15, 0.2) is 170 Å². The lowest BCUT2D eigenvalue weighted by Crippen LogP contribution is -1.90. The zero-order chi connectivity index (χ0) is 32.8. The molecule has 11 rings (SSSR count). The van der Waals surface area contributed by atoms with Gasteiger partial charge in [0.15, 0.2) is 0 Å². The van der Waals surface area contributed by atoms with Crippen LogP contribution in [-0.2, 0) is 0 Å². The molecule has 0 unspecified atom stereocenters. The third kappa shape index (κ3) is 4.10. The van der Waals surface area contributed by atoms with E-state index in [2.05, 4.69) is 170 Å². The highest BCUT2D eigenvalue weighted by Gasteiger charge is 2.18. The van der Waals surface area contributed by atoms with Gasteiger partial charge in [-0.2, -0.15) is 0 Å². The van der Waals surface area contributed by atoms with Crippen molar-refractivity contribution in [1.29, 1.82) is 0 Å². The fourth-order valence-corrected chi connectivity index (χ4v) is 10.7. The summed E-state index contributed by atoms with van der Waals surface area (Å²) in [5.74, 6) is 0. The molecule has 0 bridgehead atoms. The van der Waals surface area contributed by atoms with Crippen molar-refractivity contribution >= 4 is 95.3 Å². The van der Waals surface area contributed by atoms with Gasteiger partial charge in [-0.15, -0.1) is 22.7 Å². The van der Waals surface area contributed by atoms with E-state index >= 15 is 0 Å². The zero-order valence-corrected chi connectivity index (χ0v) is 28.6. The monoisotopic (exact) mass is 668 g/mol. The molecule has 9 aromatic carbocycles. The lowest BCUT2D eigenvalue weighted by molar-refractivity contribution is 1.63. The summed E-state index contributed by atoms with van der Waals surface area (Å²) in [6, 6.07) is 62.9. The van der Waals surface area contributed by atoms with Crippen LogP contribution in [0.2, 0.25) is 0 Å². The molecular formula is C48H28S2. The van der Waals surface area contributed by atoms with Gasteiger partial charge in [0.25, 0.3) is 0 Å². The minimum atomic E-state index is 1.23. The molecule has 2 heteroatoms. The first-order chi connectivity index (χ1) is 24.8. The topological polar surface area (TPSA) is 0 Å². The van der Waals surface area contributed by atoms with E-state index in [1.54, 1.807) is 0 Å². The first-order valence-corrected chi connectivity index (χ1v) is 18.7. The van der Waals surface area contributed by atoms with E-state index in [0.717, 1.165) is 0 Å². The average Bonchev–Trinajstić information content (AvgIpc) is 3.76. The van der Waals surface area contributed by atoms with Gasteiger partial charge in [0.1, 0.15) is 0 Å². The molecule has 0 aliphatic heterocycles. The normalized spacial score (nSPS) is 12.0. The van der Waals surface area contributed by atoms with Crippen molar-refractivity contribution in [2.45, 2.75) is 0 Å². The molecule has 0 fully saturated rings. The summed E-state index contributed by atoms with van der Waals surface area (Å²) in [4.78, 5) is 0. The Labute approximate surface area is 297 Å². The number of thiophene rings is 2. The van der Waals surface area contributed by atoms with Crippen LogP contribution in [0.3, 0.4) is 0 Å². The Balaban J connectivity index is 1.05. The van der Waals surface area contributed by atoms with Crippen molar-refractivity contribution in [3.63, 3.8) is 0 Å². The van der Waals surface area contributed by atoms with Crippen molar-refractivity contribution in [3.8, 4) is 33.4 Å². The Morgan fingerprint density at radius 3 is 1.50 bits per heavy atom. The zero-order valence-electron chi connectivity index (χ0n) is 27.0. The molecule has 0 N–H and O–H groups in total. The number of benzene rings is 9. The average molecular weight is 669 g/mol. The van der Waals surface area contributed by atoms with Crippen molar-refractivity contribution in [2.75, 3.05) is 0 Å². The molecule has 2 heterocycles. The quantitative estimate of drug-likeness (QED) is 0.164. The van der Waals surface area contributed by atoms with Gasteiger partial charge in [-0.3, -0.25) is 0 Å². The molecule has 50 heavy (non-hydrogen) atoms. The van der Waals surface area contributed by atoms with Crippen LogP contribution in [0.4, 0.5) is 0 Å². The Kier molecular flexibility index (Phi) is 6.09. The van der Waals surface area contributed by atoms with Crippen molar-refractivity contribution in [1.82, 2.24) is 0 Å². The van der Waals surface area contributed by atoms with Crippen LogP contribution in [0.25, 0.3) is 106 Å². The molecule has 0 saturated heterocycles. The molecular weight excluding hydrogens is 641 g/mol. The summed E-state index contributed by atoms with van der Waals surface area (Å²) in [6.45, 7) is 0. The van der Waals surface area contributed by atoms with E-state index < -0.39 is 0 Å². The maximum absolute atomic E-state index is 2.40. The minimum absolute atomic E-state index is 1.23. The lowest BCUT2D eigenvalue weighted by Gasteiger charge is -2.18. The molecule has 11 aromatic rings. The van der Waals surface area contributed by atoms with Gasteiger partial charge in [0, 0.05) is 40.3 Å². The largest absolute Gasteiger partial charge is 0.134 e. The fraction of sp³-hybridized carbons (Fsp3) is 0. The van der Waals surface area contributed by atoms with Crippen LogP contribution in [0.5, 0.6) is 0 Å². The molecule has 0 aliphatic rings. The van der Waals surface area contributed by atoms with Gasteiger partial charge in [-0.1, -0.05) is 152 Å². The Bertz CT molecular complexity index is 3070. The summed E-state index contributed by atoms with van der Waals surface area (Å²) in [7, 11) is 0. The molecule has 0 atom stereocenters. The molecule has 0 radical (unpaired) electrons. The van der Waals surface area contributed by atoms with Gasteiger partial charge in [0.2, 0.25) is 0 Å². The fourth-order valence-electron chi connectivity index (χ4n) is 8.19. The summed E-state index contributed by atoms with van der Waals surface area (Å²) >= 11 is 3.85. The number of hydrogen-bond donors (Lipinski definition) is 0. The summed E-state index contributed by atoms with van der Waals surface area (Å²) in [5.41, 5.74) is 7.56. The van der Waals surface area contributed by atoms with Crippen LogP contribution in [0, 0.1) is 0 Å². The number of rotatable bonds is 3. The van der Waals surface area contributed by atoms with E-state index in [1.165, 1.54) is 106 Å². The third-order valence-electron chi connectivity index (χ3n) is 10.5. The highest BCUT2D eigenvalue weighted by molar-refractivity contribution is 7.30. The van der Waals surface area contributed by atoms with Gasteiger partial charge < -0.3 is 0 Å². The molecule has 0 saturated carbocycles. The number of hydrogen-bond acceptors (Lipinski definition) is 2. The van der Waals surface area contributed by atoms with Gasteiger partial charge in [0.05, 0.1) is 0 Å². The highest BCUT2D eigenvalue weighted by Crippen LogP contribution is 2.47. The van der Waals surface area contributed by atoms with Crippen molar-refractivity contribution in [3.05, 3.63) is 170 Å². The second-order valence-electron chi connectivity index (χ2n) is 13.2. The summed E-state index contributed by atoms with van der Waals surface area (Å²) < 4.78 is 5.48. The number of fused-ring (bicyclic) bond motifs is 11. The third-order valence-corrected chi connectivity index (χ3v) is 12.9. The van der Waals surface area contributed by atoms with Gasteiger partial charge in [-0.25, -0.2) is 0 Å². The lowest BCUT2D eigenvalue weighted by atomic mass is 9.86. The second kappa shape index (κ2) is 10.9. The highest BCUT2D eigenvalue weighted by atomic mass is 32.1. The van der Waals surface area contributed by atoms with Crippen LogP contribution in [0.1, 0.15) is 0 Å². The van der Waals surface area contributed by atoms with E-state index in [4.69, 9.17) is 0 Å². The Morgan fingerprint density at radius 1 is 0.280 bits per heavy atom. The van der Waals surface area contributed by atoms with E-state index in [1.807, 2.05) is 22.7 Å². The van der Waals surface area contributed by atoms with Gasteiger partial charge in [-0.05, 0) is 83.9 Å². The van der Waals surface area contributed by atoms with Crippen LogP contribution in [-0.4, -0.2) is 0 Å². The first kappa shape index (κ1) is 28.1. The van der Waals surface area contributed by atoms with Crippen LogP contribution >= 0.6 is 22.7 Å². The smallest absolute Gasteiger partial charge is 0.0448 e. The summed E-state index contributed by atoms with van der Waals surface area (Å²) in [6.07, 6.45) is 0. The second-order valence-corrected chi connectivity index (χ2v) is 15.3. The predicted molar refractivity (Wildman–Crippen MR) is 221 cm³/mol. The molecule has 2 aromatic heterocycles. The molecule has 0 aliphatic carbocycles. The van der Waals surface area contributed by atoms with E-state index in [-0.39, 0.29) is 0 Å². The summed E-state index contributed by atoms with van der Waals surface area (Å²) in [5, 5.41) is 13.2. The first-order valence-electron chi connectivity index (χ1n) is 17.1. The molecule has 0 nitrogen and oxygen atoms in total. The standard InChI is InChI=1S/C48H28S2/c1-2-11-31(12-3-1)44-35-14-6-8-16-37(35)45(38-17-9-7-15-36(38)44)32-20-18-29(19-21-32)33-23-26-42-41(28-33)39-25-27-43-46(48(39)49-42)40-24-22-30-10-4-5-13-34(30)47(40)50-43/h1-28H. The maximum Gasteiger partial charge on any atom is 0.0448 e. The van der Waals surface area contributed by atoms with Gasteiger partial charge >= 0.3 is 0 Å².